The number of carbonyl (C=O) groups excluding carboxylic acids is 2. The number of methoxy groups -OCH3 is 1. The Morgan fingerprint density at radius 2 is 1.50 bits per heavy atom. The van der Waals surface area contributed by atoms with Crippen molar-refractivity contribution >= 4 is 29.1 Å². The smallest absolute Gasteiger partial charge is 0.313 e. The molecule has 0 heterocycles. The van der Waals surface area contributed by atoms with Crippen molar-refractivity contribution in [2.24, 2.45) is 0 Å². The Kier molecular flexibility index (Phi) is 7.46. The van der Waals surface area contributed by atoms with Gasteiger partial charge in [0.05, 0.1) is 12.1 Å². The number of carbonyl (C=O) groups is 2. The molecule has 3 aromatic rings. The number of halogens is 1. The van der Waals surface area contributed by atoms with Crippen LogP contribution in [-0.2, 0) is 9.59 Å². The molecule has 3 aromatic carbocycles. The lowest BCUT2D eigenvalue weighted by Crippen LogP contribution is -2.36. The van der Waals surface area contributed by atoms with E-state index in [2.05, 4.69) is 34.9 Å². The third kappa shape index (κ3) is 5.61. The van der Waals surface area contributed by atoms with E-state index in [1.807, 2.05) is 36.4 Å². The molecule has 0 aliphatic carbocycles. The van der Waals surface area contributed by atoms with Gasteiger partial charge in [-0.05, 0) is 35.7 Å². The first-order chi connectivity index (χ1) is 14.6. The first-order valence-electron chi connectivity index (χ1n) is 9.61. The molecule has 0 saturated heterocycles. The first kappa shape index (κ1) is 21.4. The quantitative estimate of drug-likeness (QED) is 0.546. The zero-order chi connectivity index (χ0) is 21.3. The molecule has 0 unspecified atom stereocenters. The number of rotatable bonds is 7. The van der Waals surface area contributed by atoms with Crippen LogP contribution in [0.4, 0.5) is 5.69 Å². The van der Waals surface area contributed by atoms with Crippen LogP contribution < -0.4 is 15.4 Å². The highest BCUT2D eigenvalue weighted by Crippen LogP contribution is 2.28. The summed E-state index contributed by atoms with van der Waals surface area (Å²) in [7, 11) is 1.51. The highest BCUT2D eigenvalue weighted by atomic mass is 35.5. The summed E-state index contributed by atoms with van der Waals surface area (Å²) < 4.78 is 5.08. The van der Waals surface area contributed by atoms with E-state index in [-0.39, 0.29) is 5.92 Å². The Morgan fingerprint density at radius 3 is 2.03 bits per heavy atom. The lowest BCUT2D eigenvalue weighted by molar-refractivity contribution is -0.136. The topological polar surface area (TPSA) is 67.4 Å². The summed E-state index contributed by atoms with van der Waals surface area (Å²) in [5, 5.41) is 5.60. The summed E-state index contributed by atoms with van der Waals surface area (Å²) in [6, 6.07) is 25.0. The van der Waals surface area contributed by atoms with Gasteiger partial charge in [-0.3, -0.25) is 9.59 Å². The molecule has 6 heteroatoms. The Hall–Kier alpha value is -3.31. The standard InChI is InChI=1S/C24H23ClN2O3/c1-30-22-13-12-19(16-21(22)25)27-24(29)23(28)26-15-14-20(17-8-4-2-5-9-17)18-10-6-3-7-11-18/h2-13,16,20H,14-15H2,1H3,(H,26,28)(H,27,29). The Labute approximate surface area is 181 Å². The van der Waals surface area contributed by atoms with E-state index < -0.39 is 11.8 Å². The second kappa shape index (κ2) is 10.5. The van der Waals surface area contributed by atoms with Crippen molar-refractivity contribution < 1.29 is 14.3 Å². The Balaban J connectivity index is 1.59. The van der Waals surface area contributed by atoms with Gasteiger partial charge in [0, 0.05) is 18.2 Å². The molecule has 0 atom stereocenters. The molecule has 2 N–H and O–H groups in total. The van der Waals surface area contributed by atoms with Gasteiger partial charge in [-0.15, -0.1) is 0 Å². The van der Waals surface area contributed by atoms with Crippen LogP contribution in [0.25, 0.3) is 0 Å². The molecule has 154 valence electrons. The maximum Gasteiger partial charge on any atom is 0.313 e. The number of amides is 2. The predicted molar refractivity (Wildman–Crippen MR) is 119 cm³/mol. The summed E-state index contributed by atoms with van der Waals surface area (Å²) in [5.41, 5.74) is 2.75. The van der Waals surface area contributed by atoms with Crippen molar-refractivity contribution in [3.8, 4) is 5.75 Å². The van der Waals surface area contributed by atoms with E-state index in [9.17, 15) is 9.59 Å². The van der Waals surface area contributed by atoms with Crippen LogP contribution >= 0.6 is 11.6 Å². The number of hydrogen-bond donors (Lipinski definition) is 2. The van der Waals surface area contributed by atoms with Crippen molar-refractivity contribution in [2.45, 2.75) is 12.3 Å². The van der Waals surface area contributed by atoms with E-state index in [4.69, 9.17) is 16.3 Å². The van der Waals surface area contributed by atoms with E-state index >= 15 is 0 Å². The second-order valence-electron chi connectivity index (χ2n) is 6.72. The third-order valence-electron chi connectivity index (χ3n) is 4.74. The fourth-order valence-electron chi connectivity index (χ4n) is 3.24. The minimum Gasteiger partial charge on any atom is -0.495 e. The van der Waals surface area contributed by atoms with Crippen molar-refractivity contribution in [3.05, 3.63) is 95.0 Å². The molecule has 5 nitrogen and oxygen atoms in total. The molecule has 3 rings (SSSR count). The maximum absolute atomic E-state index is 12.2. The third-order valence-corrected chi connectivity index (χ3v) is 5.03. The SMILES string of the molecule is COc1ccc(NC(=O)C(=O)NCCC(c2ccccc2)c2ccccc2)cc1Cl. The van der Waals surface area contributed by atoms with Gasteiger partial charge < -0.3 is 15.4 Å². The van der Waals surface area contributed by atoms with Crippen molar-refractivity contribution in [2.75, 3.05) is 19.0 Å². The molecule has 2 amide bonds. The zero-order valence-electron chi connectivity index (χ0n) is 16.6. The molecule has 0 fully saturated rings. The lowest BCUT2D eigenvalue weighted by Gasteiger charge is -2.18. The molecular formula is C24H23ClN2O3. The zero-order valence-corrected chi connectivity index (χ0v) is 17.4. The monoisotopic (exact) mass is 422 g/mol. The molecule has 0 aromatic heterocycles. The average molecular weight is 423 g/mol. The molecule has 0 aliphatic heterocycles. The van der Waals surface area contributed by atoms with Gasteiger partial charge in [0.2, 0.25) is 0 Å². The maximum atomic E-state index is 12.2. The number of anilines is 1. The highest BCUT2D eigenvalue weighted by molar-refractivity contribution is 6.40. The van der Waals surface area contributed by atoms with Crippen LogP contribution in [0.5, 0.6) is 5.75 Å². The summed E-state index contributed by atoms with van der Waals surface area (Å²) in [6.07, 6.45) is 0.668. The molecule has 0 aliphatic rings. The minimum atomic E-state index is -0.743. The van der Waals surface area contributed by atoms with Gasteiger partial charge in [-0.1, -0.05) is 72.3 Å². The summed E-state index contributed by atoms with van der Waals surface area (Å²) >= 11 is 6.05. The van der Waals surface area contributed by atoms with Gasteiger partial charge in [0.25, 0.3) is 0 Å². The number of ether oxygens (including phenoxy) is 1. The molecular weight excluding hydrogens is 400 g/mol. The fourth-order valence-corrected chi connectivity index (χ4v) is 3.50. The number of nitrogens with one attached hydrogen (secondary N) is 2. The van der Waals surface area contributed by atoms with Gasteiger partial charge in [0.15, 0.2) is 0 Å². The van der Waals surface area contributed by atoms with Gasteiger partial charge >= 0.3 is 11.8 Å². The van der Waals surface area contributed by atoms with Crippen LogP contribution in [0.1, 0.15) is 23.5 Å². The Bertz CT molecular complexity index is 954. The first-order valence-corrected chi connectivity index (χ1v) is 9.99. The van der Waals surface area contributed by atoms with Crippen LogP contribution in [-0.4, -0.2) is 25.5 Å². The van der Waals surface area contributed by atoms with Crippen LogP contribution in [0, 0.1) is 0 Å². The van der Waals surface area contributed by atoms with Gasteiger partial charge in [0.1, 0.15) is 5.75 Å². The van der Waals surface area contributed by atoms with Crippen LogP contribution in [0.2, 0.25) is 5.02 Å². The number of benzene rings is 3. The second-order valence-corrected chi connectivity index (χ2v) is 7.13. The minimum absolute atomic E-state index is 0.121. The highest BCUT2D eigenvalue weighted by Gasteiger charge is 2.17. The largest absolute Gasteiger partial charge is 0.495 e. The summed E-state index contributed by atoms with van der Waals surface area (Å²) in [6.45, 7) is 0.365. The number of hydrogen-bond acceptors (Lipinski definition) is 3. The summed E-state index contributed by atoms with van der Waals surface area (Å²) in [5.74, 6) is -0.822. The Morgan fingerprint density at radius 1 is 0.900 bits per heavy atom. The van der Waals surface area contributed by atoms with E-state index in [0.29, 0.717) is 29.4 Å². The van der Waals surface area contributed by atoms with Crippen molar-refractivity contribution in [3.63, 3.8) is 0 Å². The molecule has 0 radical (unpaired) electrons. The molecule has 0 bridgehead atoms. The molecule has 0 saturated carbocycles. The normalized spacial score (nSPS) is 10.5. The van der Waals surface area contributed by atoms with E-state index in [1.165, 1.54) is 13.2 Å². The van der Waals surface area contributed by atoms with Gasteiger partial charge in [-0.2, -0.15) is 0 Å². The lowest BCUT2D eigenvalue weighted by atomic mass is 9.88. The van der Waals surface area contributed by atoms with Gasteiger partial charge in [-0.25, -0.2) is 0 Å². The predicted octanol–water partition coefficient (Wildman–Crippen LogP) is 4.63. The average Bonchev–Trinajstić information content (AvgIpc) is 2.78. The summed E-state index contributed by atoms with van der Waals surface area (Å²) in [4.78, 5) is 24.4. The fraction of sp³-hybridized carbons (Fsp3) is 0.167. The molecule has 30 heavy (non-hydrogen) atoms. The van der Waals surface area contributed by atoms with E-state index in [0.717, 1.165) is 11.1 Å². The van der Waals surface area contributed by atoms with Crippen LogP contribution in [0.3, 0.4) is 0 Å². The van der Waals surface area contributed by atoms with Crippen LogP contribution in [0.15, 0.2) is 78.9 Å². The van der Waals surface area contributed by atoms with Crippen molar-refractivity contribution in [1.29, 1.82) is 0 Å². The van der Waals surface area contributed by atoms with E-state index in [1.54, 1.807) is 12.1 Å². The molecule has 0 spiro atoms. The van der Waals surface area contributed by atoms with Crippen molar-refractivity contribution in [1.82, 2.24) is 5.32 Å².